The van der Waals surface area contributed by atoms with Gasteiger partial charge in [0.25, 0.3) is 5.56 Å². The average Bonchev–Trinajstić information content (AvgIpc) is 3.25. The van der Waals surface area contributed by atoms with Gasteiger partial charge < -0.3 is 14.0 Å². The third-order valence-corrected chi connectivity index (χ3v) is 6.81. The fourth-order valence-corrected chi connectivity index (χ4v) is 4.87. The van der Waals surface area contributed by atoms with Gasteiger partial charge in [-0.15, -0.1) is 0 Å². The van der Waals surface area contributed by atoms with E-state index in [9.17, 15) is 9.59 Å². The average molecular weight is 442 g/mol. The molecule has 0 aliphatic carbocycles. The van der Waals surface area contributed by atoms with E-state index in [4.69, 9.17) is 4.98 Å². The first-order chi connectivity index (χ1) is 15.6. The third kappa shape index (κ3) is 3.03. The molecule has 1 aliphatic rings. The monoisotopic (exact) mass is 441 g/mol. The first-order valence-corrected chi connectivity index (χ1v) is 11.1. The summed E-state index contributed by atoms with van der Waals surface area (Å²) in [5.41, 5.74) is 5.04. The molecule has 1 aliphatic heterocycles. The maximum absolute atomic E-state index is 12.9. The van der Waals surface area contributed by atoms with Crippen LogP contribution in [0, 0.1) is 6.92 Å². The number of nitrogens with zero attached hydrogens (tertiary/aromatic N) is 5. The summed E-state index contributed by atoms with van der Waals surface area (Å²) in [6.07, 6.45) is 1.73. The molecule has 0 spiro atoms. The van der Waals surface area contributed by atoms with Gasteiger partial charge in [0.1, 0.15) is 11.4 Å². The number of hydrogen-bond acceptors (Lipinski definition) is 4. The molecule has 0 saturated heterocycles. The topological polar surface area (TPSA) is 73.0 Å². The van der Waals surface area contributed by atoms with Crippen LogP contribution >= 0.6 is 0 Å². The summed E-state index contributed by atoms with van der Waals surface area (Å²) in [4.78, 5) is 36.5. The molecule has 4 aromatic rings. The molecule has 0 radical (unpaired) electrons. The van der Waals surface area contributed by atoms with Crippen molar-refractivity contribution in [1.82, 2.24) is 19.1 Å². The van der Waals surface area contributed by atoms with E-state index in [0.717, 1.165) is 27.8 Å². The Bertz CT molecular complexity index is 1450. The number of amides is 1. The van der Waals surface area contributed by atoms with E-state index in [0.29, 0.717) is 17.2 Å². The van der Waals surface area contributed by atoms with Gasteiger partial charge in [0, 0.05) is 26.0 Å². The first-order valence-electron chi connectivity index (χ1n) is 11.1. The Labute approximate surface area is 192 Å². The smallest absolute Gasteiger partial charge is 0.271 e. The van der Waals surface area contributed by atoms with Crippen molar-refractivity contribution in [2.24, 2.45) is 7.05 Å². The van der Waals surface area contributed by atoms with Crippen LogP contribution in [0.15, 0.2) is 53.5 Å². The normalized spacial score (nSPS) is 15.8. The predicted octanol–water partition coefficient (Wildman–Crippen LogP) is 3.97. The second kappa shape index (κ2) is 7.13. The molecule has 7 heteroatoms. The molecule has 1 amide bonds. The molecule has 33 heavy (non-hydrogen) atoms. The van der Waals surface area contributed by atoms with Crippen LogP contribution in [0.5, 0.6) is 0 Å². The number of likely N-dealkylation sites (N-methyl/N-ethyl adjacent to an activating group) is 1. The Morgan fingerprint density at radius 1 is 1.00 bits per heavy atom. The van der Waals surface area contributed by atoms with Crippen molar-refractivity contribution >= 4 is 22.6 Å². The van der Waals surface area contributed by atoms with Gasteiger partial charge in [-0.05, 0) is 51.0 Å². The van der Waals surface area contributed by atoms with Crippen LogP contribution in [-0.2, 0) is 17.3 Å². The van der Waals surface area contributed by atoms with Crippen molar-refractivity contribution in [2.45, 2.75) is 39.2 Å². The van der Waals surface area contributed by atoms with Gasteiger partial charge in [-0.2, -0.15) is 0 Å². The maximum atomic E-state index is 12.9. The number of anilines is 1. The minimum Gasteiger partial charge on any atom is -0.315 e. The number of benzene rings is 2. The summed E-state index contributed by atoms with van der Waals surface area (Å²) in [6, 6.07) is 14.3. The Morgan fingerprint density at radius 3 is 2.36 bits per heavy atom. The molecule has 0 saturated carbocycles. The summed E-state index contributed by atoms with van der Waals surface area (Å²) in [5.74, 6) is 0.763. The molecule has 168 valence electrons. The van der Waals surface area contributed by atoms with Gasteiger partial charge in [0.15, 0.2) is 5.82 Å². The molecule has 0 fully saturated rings. The third-order valence-electron chi connectivity index (χ3n) is 6.81. The molecular weight excluding hydrogens is 414 g/mol. The summed E-state index contributed by atoms with van der Waals surface area (Å²) < 4.78 is 3.70. The molecule has 0 unspecified atom stereocenters. The lowest BCUT2D eigenvalue weighted by atomic mass is 9.86. The zero-order valence-corrected chi connectivity index (χ0v) is 19.7. The SMILES string of the molecule is Cc1nc(-c2nc3cc4c(cc3n2[C@@H](C)c2ccccc2)N(C)C(=O)C4(C)C)cn(C)c1=O. The van der Waals surface area contributed by atoms with E-state index in [1.54, 1.807) is 29.6 Å². The summed E-state index contributed by atoms with van der Waals surface area (Å²) in [5, 5.41) is 0. The second-order valence-corrected chi connectivity index (χ2v) is 9.37. The van der Waals surface area contributed by atoms with Gasteiger partial charge >= 0.3 is 0 Å². The number of aryl methyl sites for hydroxylation is 2. The van der Waals surface area contributed by atoms with E-state index in [1.807, 2.05) is 45.2 Å². The first kappa shape index (κ1) is 21.1. The second-order valence-electron chi connectivity index (χ2n) is 9.37. The number of carbonyl (C=O) groups excluding carboxylic acids is 1. The largest absolute Gasteiger partial charge is 0.315 e. The Kier molecular flexibility index (Phi) is 4.57. The predicted molar refractivity (Wildman–Crippen MR) is 130 cm³/mol. The summed E-state index contributed by atoms with van der Waals surface area (Å²) in [7, 11) is 3.55. The Balaban J connectivity index is 1.84. The van der Waals surface area contributed by atoms with Gasteiger partial charge in [0.05, 0.1) is 22.5 Å². The number of rotatable bonds is 3. The highest BCUT2D eigenvalue weighted by atomic mass is 16.2. The number of aromatic nitrogens is 4. The van der Waals surface area contributed by atoms with Crippen LogP contribution in [0.25, 0.3) is 22.6 Å². The fourth-order valence-electron chi connectivity index (χ4n) is 4.87. The van der Waals surface area contributed by atoms with Crippen molar-refractivity contribution in [2.75, 3.05) is 11.9 Å². The van der Waals surface area contributed by atoms with Crippen LogP contribution in [-0.4, -0.2) is 32.1 Å². The highest BCUT2D eigenvalue weighted by Crippen LogP contribution is 2.44. The highest BCUT2D eigenvalue weighted by Gasteiger charge is 2.43. The van der Waals surface area contributed by atoms with Gasteiger partial charge in [-0.25, -0.2) is 9.97 Å². The molecule has 2 aromatic heterocycles. The molecule has 0 N–H and O–H groups in total. The highest BCUT2D eigenvalue weighted by molar-refractivity contribution is 6.09. The lowest BCUT2D eigenvalue weighted by molar-refractivity contribution is -0.121. The fraction of sp³-hybridized carbons (Fsp3) is 0.308. The Morgan fingerprint density at radius 2 is 1.70 bits per heavy atom. The van der Waals surface area contributed by atoms with E-state index >= 15 is 0 Å². The van der Waals surface area contributed by atoms with E-state index in [-0.39, 0.29) is 17.5 Å². The van der Waals surface area contributed by atoms with Gasteiger partial charge in [-0.1, -0.05) is 30.3 Å². The van der Waals surface area contributed by atoms with Crippen LogP contribution in [0.3, 0.4) is 0 Å². The quantitative estimate of drug-likeness (QED) is 0.482. The number of imidazole rings is 1. The van der Waals surface area contributed by atoms with Gasteiger partial charge in [-0.3, -0.25) is 9.59 Å². The van der Waals surface area contributed by atoms with Crippen LogP contribution in [0.4, 0.5) is 5.69 Å². The lowest BCUT2D eigenvalue weighted by Crippen LogP contribution is -2.33. The zero-order chi connectivity index (χ0) is 23.7. The molecule has 1 atom stereocenters. The minimum atomic E-state index is -0.612. The van der Waals surface area contributed by atoms with Crippen molar-refractivity contribution < 1.29 is 4.79 Å². The molecular formula is C26H27N5O2. The van der Waals surface area contributed by atoms with Crippen molar-refractivity contribution in [3.05, 3.63) is 75.8 Å². The number of carbonyl (C=O) groups is 1. The zero-order valence-electron chi connectivity index (χ0n) is 19.7. The van der Waals surface area contributed by atoms with Crippen LogP contribution in [0.1, 0.15) is 43.6 Å². The molecule has 5 rings (SSSR count). The van der Waals surface area contributed by atoms with E-state index in [2.05, 4.69) is 34.7 Å². The van der Waals surface area contributed by atoms with E-state index in [1.165, 1.54) is 0 Å². The van der Waals surface area contributed by atoms with Gasteiger partial charge in [0.2, 0.25) is 5.91 Å². The Hall–Kier alpha value is -3.74. The van der Waals surface area contributed by atoms with Crippen molar-refractivity contribution in [1.29, 1.82) is 0 Å². The number of fused-ring (bicyclic) bond motifs is 2. The van der Waals surface area contributed by atoms with E-state index < -0.39 is 5.41 Å². The standard InChI is InChI=1S/C26H27N5O2/c1-15-24(32)29(5)14-20(27-15)23-28-19-12-18-21(30(6)25(33)26(18,3)4)13-22(19)31(23)16(2)17-10-8-7-9-11-17/h7-14,16H,1-6H3/t16-/m0/s1. The van der Waals surface area contributed by atoms with Crippen LogP contribution in [0.2, 0.25) is 0 Å². The van der Waals surface area contributed by atoms with Crippen molar-refractivity contribution in [3.8, 4) is 11.5 Å². The molecule has 3 heterocycles. The molecule has 2 aromatic carbocycles. The maximum Gasteiger partial charge on any atom is 0.271 e. The summed E-state index contributed by atoms with van der Waals surface area (Å²) in [6.45, 7) is 7.75. The van der Waals surface area contributed by atoms with Crippen molar-refractivity contribution in [3.63, 3.8) is 0 Å². The number of hydrogen-bond donors (Lipinski definition) is 0. The minimum absolute atomic E-state index is 0.0426. The van der Waals surface area contributed by atoms with Crippen LogP contribution < -0.4 is 10.5 Å². The molecule has 7 nitrogen and oxygen atoms in total. The lowest BCUT2D eigenvalue weighted by Gasteiger charge is -2.19. The summed E-state index contributed by atoms with van der Waals surface area (Å²) >= 11 is 0. The molecule has 0 bridgehead atoms.